The fraction of sp³-hybridized carbons (Fsp3) is 0.320. The number of piperazine rings is 1. The van der Waals surface area contributed by atoms with E-state index in [1.54, 1.807) is 0 Å². The zero-order valence-electron chi connectivity index (χ0n) is 19.0. The van der Waals surface area contributed by atoms with Crippen molar-refractivity contribution < 1.29 is 23.9 Å². The molecule has 2 aliphatic heterocycles. The van der Waals surface area contributed by atoms with Gasteiger partial charge in [-0.25, -0.2) is 9.59 Å². The fourth-order valence-corrected chi connectivity index (χ4v) is 3.85. The van der Waals surface area contributed by atoms with Gasteiger partial charge in [0.15, 0.2) is 5.57 Å². The van der Waals surface area contributed by atoms with E-state index in [2.05, 4.69) is 10.2 Å². The number of carbonyl (C=O) groups is 3. The molecule has 1 N–H and O–H groups in total. The molecule has 0 spiro atoms. The Bertz CT molecular complexity index is 1080. The molecule has 0 aromatic heterocycles. The van der Waals surface area contributed by atoms with Crippen molar-refractivity contribution in [1.82, 2.24) is 4.90 Å². The molecule has 33 heavy (non-hydrogen) atoms. The molecular formula is C25H27N3O5. The average Bonchev–Trinajstić information content (AvgIpc) is 2.78. The molecule has 2 aliphatic rings. The topological polar surface area (TPSA) is 88.2 Å². The van der Waals surface area contributed by atoms with Crippen LogP contribution in [0.4, 0.5) is 11.4 Å². The Morgan fingerprint density at radius 3 is 2.15 bits per heavy atom. The van der Waals surface area contributed by atoms with Crippen molar-refractivity contribution in [2.45, 2.75) is 26.6 Å². The molecule has 0 radical (unpaired) electrons. The van der Waals surface area contributed by atoms with Crippen LogP contribution in [-0.4, -0.2) is 54.7 Å². The van der Waals surface area contributed by atoms with Crippen LogP contribution >= 0.6 is 0 Å². The number of ether oxygens (including phenoxy) is 2. The highest BCUT2D eigenvalue weighted by atomic mass is 16.7. The van der Waals surface area contributed by atoms with E-state index < -0.39 is 17.7 Å². The number of carbonyl (C=O) groups excluding carboxylic acids is 3. The van der Waals surface area contributed by atoms with Gasteiger partial charge in [0, 0.05) is 63.2 Å². The molecule has 1 amide bonds. The minimum Gasteiger partial charge on any atom is -0.419 e. The van der Waals surface area contributed by atoms with E-state index in [-0.39, 0.29) is 11.5 Å². The summed E-state index contributed by atoms with van der Waals surface area (Å²) in [6, 6.07) is 15.3. The average molecular weight is 450 g/mol. The number of amides is 1. The van der Waals surface area contributed by atoms with Gasteiger partial charge in [0.05, 0.1) is 0 Å². The van der Waals surface area contributed by atoms with Gasteiger partial charge in [-0.2, -0.15) is 0 Å². The van der Waals surface area contributed by atoms with Crippen LogP contribution in [0.3, 0.4) is 0 Å². The van der Waals surface area contributed by atoms with Crippen molar-refractivity contribution in [1.29, 1.82) is 0 Å². The molecule has 8 heteroatoms. The third-order valence-corrected chi connectivity index (χ3v) is 5.67. The SMILES string of the molecule is Cc1ccccc1C(=O)N1CCN(c2ccc(NC=C3C(=O)OC(C)(C)OC3=O)cc2)CC1. The maximum Gasteiger partial charge on any atom is 0.350 e. The van der Waals surface area contributed by atoms with Gasteiger partial charge in [-0.15, -0.1) is 0 Å². The summed E-state index contributed by atoms with van der Waals surface area (Å²) in [7, 11) is 0. The highest BCUT2D eigenvalue weighted by molar-refractivity contribution is 6.15. The molecule has 172 valence electrons. The molecule has 0 unspecified atom stereocenters. The second-order valence-corrected chi connectivity index (χ2v) is 8.52. The molecule has 0 saturated carbocycles. The normalized spacial score (nSPS) is 17.8. The van der Waals surface area contributed by atoms with Crippen molar-refractivity contribution >= 4 is 29.2 Å². The molecule has 0 aliphatic carbocycles. The smallest absolute Gasteiger partial charge is 0.350 e. The second kappa shape index (κ2) is 8.97. The van der Waals surface area contributed by atoms with Gasteiger partial charge in [0.1, 0.15) is 0 Å². The van der Waals surface area contributed by atoms with Gasteiger partial charge in [0.25, 0.3) is 11.7 Å². The van der Waals surface area contributed by atoms with Crippen molar-refractivity contribution in [2.75, 3.05) is 36.4 Å². The monoisotopic (exact) mass is 449 g/mol. The predicted octanol–water partition coefficient (Wildman–Crippen LogP) is 3.09. The number of nitrogens with zero attached hydrogens (tertiary/aromatic N) is 2. The van der Waals surface area contributed by atoms with E-state index in [9.17, 15) is 14.4 Å². The van der Waals surface area contributed by atoms with Gasteiger partial charge in [-0.1, -0.05) is 18.2 Å². The molecule has 2 fully saturated rings. The lowest BCUT2D eigenvalue weighted by Gasteiger charge is -2.36. The number of rotatable bonds is 4. The molecule has 2 aromatic carbocycles. The molecule has 2 aromatic rings. The Labute approximate surface area is 192 Å². The van der Waals surface area contributed by atoms with E-state index in [0.29, 0.717) is 18.8 Å². The lowest BCUT2D eigenvalue weighted by atomic mass is 10.1. The van der Waals surface area contributed by atoms with E-state index in [4.69, 9.17) is 9.47 Å². The number of nitrogens with one attached hydrogen (secondary N) is 1. The second-order valence-electron chi connectivity index (χ2n) is 8.52. The van der Waals surface area contributed by atoms with Crippen LogP contribution in [0, 0.1) is 6.92 Å². The number of anilines is 2. The summed E-state index contributed by atoms with van der Waals surface area (Å²) in [5.41, 5.74) is 3.30. The highest BCUT2D eigenvalue weighted by Gasteiger charge is 2.38. The van der Waals surface area contributed by atoms with Crippen molar-refractivity contribution in [3.05, 3.63) is 71.4 Å². The number of hydrogen-bond acceptors (Lipinski definition) is 7. The van der Waals surface area contributed by atoms with Crippen LogP contribution in [-0.2, 0) is 19.1 Å². The van der Waals surface area contributed by atoms with Gasteiger partial charge in [0.2, 0.25) is 0 Å². The Kier molecular flexibility index (Phi) is 6.09. The summed E-state index contributed by atoms with van der Waals surface area (Å²) in [4.78, 5) is 41.0. The number of cyclic esters (lactones) is 2. The Balaban J connectivity index is 1.34. The van der Waals surface area contributed by atoms with Crippen LogP contribution in [0.15, 0.2) is 60.3 Å². The first-order chi connectivity index (χ1) is 15.7. The summed E-state index contributed by atoms with van der Waals surface area (Å²) in [6.07, 6.45) is 1.30. The largest absolute Gasteiger partial charge is 0.419 e. The quantitative estimate of drug-likeness (QED) is 0.436. The molecular weight excluding hydrogens is 422 g/mol. The summed E-state index contributed by atoms with van der Waals surface area (Å²) in [6.45, 7) is 7.74. The minimum atomic E-state index is -1.26. The number of benzene rings is 2. The maximum absolute atomic E-state index is 12.8. The summed E-state index contributed by atoms with van der Waals surface area (Å²) >= 11 is 0. The highest BCUT2D eigenvalue weighted by Crippen LogP contribution is 2.24. The minimum absolute atomic E-state index is 0.0727. The molecule has 0 bridgehead atoms. The summed E-state index contributed by atoms with van der Waals surface area (Å²) < 4.78 is 10.2. The molecule has 2 heterocycles. The lowest BCUT2D eigenvalue weighted by molar-refractivity contribution is -0.222. The predicted molar refractivity (Wildman–Crippen MR) is 124 cm³/mol. The molecule has 8 nitrogen and oxygen atoms in total. The molecule has 2 saturated heterocycles. The Morgan fingerprint density at radius 2 is 1.55 bits per heavy atom. The number of aryl methyl sites for hydroxylation is 1. The van der Waals surface area contributed by atoms with E-state index in [1.165, 1.54) is 20.0 Å². The number of esters is 2. The summed E-state index contributed by atoms with van der Waals surface area (Å²) in [5.74, 6) is -2.64. The molecule has 0 atom stereocenters. The first-order valence-electron chi connectivity index (χ1n) is 10.9. The fourth-order valence-electron chi connectivity index (χ4n) is 3.85. The van der Waals surface area contributed by atoms with E-state index >= 15 is 0 Å². The van der Waals surface area contributed by atoms with Crippen LogP contribution in [0.2, 0.25) is 0 Å². The first-order valence-corrected chi connectivity index (χ1v) is 10.9. The molecule has 4 rings (SSSR count). The van der Waals surface area contributed by atoms with Gasteiger partial charge in [-0.05, 0) is 42.8 Å². The van der Waals surface area contributed by atoms with Crippen LogP contribution in [0.1, 0.15) is 29.8 Å². The third kappa shape index (κ3) is 5.00. The summed E-state index contributed by atoms with van der Waals surface area (Å²) in [5, 5.41) is 2.94. The van der Waals surface area contributed by atoms with E-state index in [0.717, 1.165) is 29.9 Å². The Hall–Kier alpha value is -3.81. The standard InChI is InChI=1S/C25H27N3O5/c1-17-6-4-5-7-20(17)22(29)28-14-12-27(13-15-28)19-10-8-18(9-11-19)26-16-21-23(30)32-25(2,3)33-24(21)31/h4-11,16,26H,12-15H2,1-3H3. The van der Waals surface area contributed by atoms with E-state index in [1.807, 2.05) is 60.4 Å². The zero-order valence-corrected chi connectivity index (χ0v) is 19.0. The van der Waals surface area contributed by atoms with Gasteiger partial charge in [-0.3, -0.25) is 4.79 Å². The van der Waals surface area contributed by atoms with Crippen LogP contribution < -0.4 is 10.2 Å². The van der Waals surface area contributed by atoms with Gasteiger partial charge < -0.3 is 24.6 Å². The van der Waals surface area contributed by atoms with Gasteiger partial charge >= 0.3 is 11.9 Å². The Morgan fingerprint density at radius 1 is 0.939 bits per heavy atom. The van der Waals surface area contributed by atoms with Crippen molar-refractivity contribution in [2.24, 2.45) is 0 Å². The zero-order chi connectivity index (χ0) is 23.6. The van der Waals surface area contributed by atoms with Crippen molar-refractivity contribution in [3.8, 4) is 0 Å². The lowest BCUT2D eigenvalue weighted by Crippen LogP contribution is -2.48. The third-order valence-electron chi connectivity index (χ3n) is 5.67. The van der Waals surface area contributed by atoms with Crippen molar-refractivity contribution in [3.63, 3.8) is 0 Å². The van der Waals surface area contributed by atoms with Crippen LogP contribution in [0.25, 0.3) is 0 Å². The number of hydrogen-bond donors (Lipinski definition) is 1. The first kappa shape index (κ1) is 22.4. The van der Waals surface area contributed by atoms with Crippen LogP contribution in [0.5, 0.6) is 0 Å². The maximum atomic E-state index is 12.8.